The maximum Gasteiger partial charge on any atom is 0.364 e. The molecular weight excluding hydrogens is 350 g/mol. The number of carbonyl (C=O) groups excluding carboxylic acids is 3. The van der Waals surface area contributed by atoms with Gasteiger partial charge >= 0.3 is 11.7 Å². The van der Waals surface area contributed by atoms with Crippen LogP contribution in [-0.2, 0) is 4.84 Å². The number of fused-ring (bicyclic) bond motifs is 2. The van der Waals surface area contributed by atoms with Crippen molar-refractivity contribution in [2.24, 2.45) is 0 Å². The summed E-state index contributed by atoms with van der Waals surface area (Å²) in [7, 11) is 0. The number of hydroxylamine groups is 2. The van der Waals surface area contributed by atoms with Gasteiger partial charge < -0.3 is 9.82 Å². The van der Waals surface area contributed by atoms with E-state index in [0.717, 1.165) is 12.8 Å². The Balaban J connectivity index is 1.47. The molecule has 8 nitrogen and oxygen atoms in total. The second-order valence-electron chi connectivity index (χ2n) is 6.59. The van der Waals surface area contributed by atoms with Crippen LogP contribution < -0.4 is 5.69 Å². The first kappa shape index (κ1) is 15.6. The van der Waals surface area contributed by atoms with E-state index in [1.54, 1.807) is 22.8 Å². The van der Waals surface area contributed by atoms with E-state index in [4.69, 9.17) is 4.84 Å². The van der Waals surface area contributed by atoms with Crippen LogP contribution in [0.25, 0.3) is 11.0 Å². The number of benzene rings is 2. The van der Waals surface area contributed by atoms with Crippen LogP contribution in [0.5, 0.6) is 0 Å². The third kappa shape index (κ3) is 2.30. The van der Waals surface area contributed by atoms with Gasteiger partial charge in [0, 0.05) is 6.04 Å². The lowest BCUT2D eigenvalue weighted by Gasteiger charge is -2.12. The van der Waals surface area contributed by atoms with Gasteiger partial charge in [0.05, 0.1) is 27.7 Å². The quantitative estimate of drug-likeness (QED) is 0.718. The van der Waals surface area contributed by atoms with Crippen LogP contribution in [0.15, 0.2) is 47.3 Å². The van der Waals surface area contributed by atoms with Gasteiger partial charge in [-0.3, -0.25) is 14.2 Å². The van der Waals surface area contributed by atoms with E-state index in [2.05, 4.69) is 4.98 Å². The summed E-state index contributed by atoms with van der Waals surface area (Å²) in [5.41, 5.74) is 1.52. The number of aromatic amines is 1. The number of imide groups is 1. The molecule has 8 heteroatoms. The molecule has 3 aromatic rings. The van der Waals surface area contributed by atoms with E-state index in [9.17, 15) is 19.2 Å². The summed E-state index contributed by atoms with van der Waals surface area (Å²) >= 11 is 0. The van der Waals surface area contributed by atoms with Gasteiger partial charge in [-0.25, -0.2) is 9.59 Å². The minimum absolute atomic E-state index is 0.133. The van der Waals surface area contributed by atoms with Crippen LogP contribution in [0.2, 0.25) is 0 Å². The molecule has 2 aromatic carbocycles. The molecule has 1 N–H and O–H groups in total. The minimum atomic E-state index is -0.845. The Bertz CT molecular complexity index is 1170. The SMILES string of the molecule is O=C(ON1C(=O)c2ccccc2C1=O)c1ccc2[nH]c(=O)n(C3CC3)c2c1. The Labute approximate surface area is 151 Å². The molecule has 0 bridgehead atoms. The molecule has 2 aliphatic rings. The number of imidazole rings is 1. The first-order chi connectivity index (χ1) is 13.0. The van der Waals surface area contributed by atoms with Crippen LogP contribution >= 0.6 is 0 Å². The zero-order valence-electron chi connectivity index (χ0n) is 14.0. The molecule has 27 heavy (non-hydrogen) atoms. The molecule has 5 rings (SSSR count). The molecule has 0 radical (unpaired) electrons. The number of amides is 2. The first-order valence-corrected chi connectivity index (χ1v) is 8.49. The molecule has 134 valence electrons. The highest BCUT2D eigenvalue weighted by molar-refractivity contribution is 6.21. The van der Waals surface area contributed by atoms with Crippen LogP contribution in [0.4, 0.5) is 0 Å². The zero-order valence-corrected chi connectivity index (χ0v) is 14.0. The lowest BCUT2D eigenvalue weighted by Crippen LogP contribution is -2.32. The van der Waals surface area contributed by atoms with Crippen molar-refractivity contribution in [2.75, 3.05) is 0 Å². The van der Waals surface area contributed by atoms with E-state index in [-0.39, 0.29) is 28.4 Å². The number of hydrogen-bond donors (Lipinski definition) is 1. The summed E-state index contributed by atoms with van der Waals surface area (Å²) in [6.45, 7) is 0. The van der Waals surface area contributed by atoms with Gasteiger partial charge in [-0.15, -0.1) is 0 Å². The number of nitrogens with one attached hydrogen (secondary N) is 1. The molecule has 2 heterocycles. The molecule has 0 saturated heterocycles. The molecule has 1 fully saturated rings. The van der Waals surface area contributed by atoms with Crippen molar-refractivity contribution in [1.82, 2.24) is 14.6 Å². The van der Waals surface area contributed by atoms with Crippen molar-refractivity contribution >= 4 is 28.8 Å². The third-order valence-corrected chi connectivity index (χ3v) is 4.80. The lowest BCUT2D eigenvalue weighted by molar-refractivity contribution is -0.0584. The molecule has 2 amide bonds. The molecule has 1 aliphatic carbocycles. The Hall–Kier alpha value is -3.68. The number of H-pyrrole nitrogens is 1. The van der Waals surface area contributed by atoms with Gasteiger partial charge in [0.15, 0.2) is 0 Å². The highest BCUT2D eigenvalue weighted by Crippen LogP contribution is 2.35. The average molecular weight is 363 g/mol. The van der Waals surface area contributed by atoms with Crippen LogP contribution in [0, 0.1) is 0 Å². The molecular formula is C19H13N3O5. The predicted molar refractivity (Wildman–Crippen MR) is 93.2 cm³/mol. The highest BCUT2D eigenvalue weighted by Gasteiger charge is 2.39. The van der Waals surface area contributed by atoms with Gasteiger partial charge in [-0.2, -0.15) is 0 Å². The highest BCUT2D eigenvalue weighted by atomic mass is 16.7. The topological polar surface area (TPSA) is 101 Å². The molecule has 1 saturated carbocycles. The Kier molecular flexibility index (Phi) is 3.12. The second kappa shape index (κ2) is 5.41. The normalized spacial score (nSPS) is 16.1. The Morgan fingerprint density at radius 2 is 1.67 bits per heavy atom. The van der Waals surface area contributed by atoms with Crippen molar-refractivity contribution in [2.45, 2.75) is 18.9 Å². The third-order valence-electron chi connectivity index (χ3n) is 4.80. The number of rotatable bonds is 3. The molecule has 0 spiro atoms. The summed E-state index contributed by atoms with van der Waals surface area (Å²) in [5, 5.41) is 0.474. The fourth-order valence-electron chi connectivity index (χ4n) is 3.33. The van der Waals surface area contributed by atoms with E-state index in [1.807, 2.05) is 0 Å². The van der Waals surface area contributed by atoms with Crippen LogP contribution in [0.1, 0.15) is 50.0 Å². The van der Waals surface area contributed by atoms with Gasteiger partial charge in [-0.1, -0.05) is 17.2 Å². The standard InChI is InChI=1S/C19H13N3O5/c23-16-12-3-1-2-4-13(12)17(24)22(16)27-18(25)10-5-8-14-15(9-10)21(11-6-7-11)19(26)20-14/h1-5,8-9,11H,6-7H2,(H,20,26). The first-order valence-electron chi connectivity index (χ1n) is 8.49. The Morgan fingerprint density at radius 1 is 1.00 bits per heavy atom. The molecule has 0 atom stereocenters. The van der Waals surface area contributed by atoms with E-state index >= 15 is 0 Å². The van der Waals surface area contributed by atoms with Gasteiger partial charge in [0.2, 0.25) is 0 Å². The van der Waals surface area contributed by atoms with Gasteiger partial charge in [0.25, 0.3) is 11.8 Å². The number of hydrogen-bond acceptors (Lipinski definition) is 5. The molecule has 0 unspecified atom stereocenters. The summed E-state index contributed by atoms with van der Waals surface area (Å²) < 4.78 is 1.62. The maximum absolute atomic E-state index is 12.5. The summed E-state index contributed by atoms with van der Waals surface area (Å²) in [5.74, 6) is -2.20. The number of nitrogens with zero attached hydrogens (tertiary/aromatic N) is 2. The molecule has 1 aromatic heterocycles. The maximum atomic E-state index is 12.5. The van der Waals surface area contributed by atoms with Crippen molar-refractivity contribution < 1.29 is 19.2 Å². The van der Waals surface area contributed by atoms with Crippen LogP contribution in [-0.4, -0.2) is 32.4 Å². The number of carbonyl (C=O) groups is 3. The van der Waals surface area contributed by atoms with Crippen molar-refractivity contribution in [3.8, 4) is 0 Å². The summed E-state index contributed by atoms with van der Waals surface area (Å²) in [6.07, 6.45) is 1.83. The second-order valence-corrected chi connectivity index (χ2v) is 6.59. The van der Waals surface area contributed by atoms with E-state index < -0.39 is 17.8 Å². The largest absolute Gasteiger partial charge is 0.364 e. The van der Waals surface area contributed by atoms with E-state index in [1.165, 1.54) is 24.3 Å². The van der Waals surface area contributed by atoms with Crippen molar-refractivity contribution in [3.63, 3.8) is 0 Å². The zero-order chi connectivity index (χ0) is 18.7. The van der Waals surface area contributed by atoms with Gasteiger partial charge in [-0.05, 0) is 43.2 Å². The predicted octanol–water partition coefficient (Wildman–Crippen LogP) is 2.03. The molecule has 1 aliphatic heterocycles. The van der Waals surface area contributed by atoms with Crippen LogP contribution in [0.3, 0.4) is 0 Å². The van der Waals surface area contributed by atoms with E-state index in [0.29, 0.717) is 16.1 Å². The smallest absolute Gasteiger partial charge is 0.324 e. The fourth-order valence-corrected chi connectivity index (χ4v) is 3.33. The lowest BCUT2D eigenvalue weighted by atomic mass is 10.1. The Morgan fingerprint density at radius 3 is 2.30 bits per heavy atom. The minimum Gasteiger partial charge on any atom is -0.324 e. The van der Waals surface area contributed by atoms with Crippen molar-refractivity contribution in [3.05, 3.63) is 69.6 Å². The summed E-state index contributed by atoms with van der Waals surface area (Å²) in [6, 6.07) is 11.0. The van der Waals surface area contributed by atoms with Crippen molar-refractivity contribution in [1.29, 1.82) is 0 Å². The summed E-state index contributed by atoms with van der Waals surface area (Å²) in [4.78, 5) is 57.1. The average Bonchev–Trinajstić information content (AvgIpc) is 3.41. The number of aromatic nitrogens is 2. The van der Waals surface area contributed by atoms with Gasteiger partial charge in [0.1, 0.15) is 0 Å². The monoisotopic (exact) mass is 363 g/mol. The fraction of sp³-hybridized carbons (Fsp3) is 0.158.